The Balaban J connectivity index is 0.000000321. The van der Waals surface area contributed by atoms with Crippen molar-refractivity contribution in [1.82, 2.24) is 15.3 Å². The number of carbonyl (C=O) groups excluding carboxylic acids is 1. The lowest BCUT2D eigenvalue weighted by Crippen LogP contribution is -2.57. The molecule has 0 aliphatic carbocycles. The summed E-state index contributed by atoms with van der Waals surface area (Å²) in [6, 6.07) is 0. The third-order valence-electron chi connectivity index (χ3n) is 4.81. The molecule has 0 unspecified atom stereocenters. The molecule has 1 amide bonds. The Bertz CT molecular complexity index is 656. The lowest BCUT2D eigenvalue weighted by atomic mass is 9.80. The summed E-state index contributed by atoms with van der Waals surface area (Å²) in [5, 5.41) is 10.3. The summed E-state index contributed by atoms with van der Waals surface area (Å²) in [5.41, 5.74) is 1.21. The molecule has 2 aliphatic rings. The minimum Gasteiger partial charge on any atom is -0.475 e. The van der Waals surface area contributed by atoms with Crippen LogP contribution in [0.5, 0.6) is 0 Å². The zero-order chi connectivity index (χ0) is 20.1. The van der Waals surface area contributed by atoms with E-state index in [1.54, 1.807) is 0 Å². The van der Waals surface area contributed by atoms with E-state index >= 15 is 0 Å². The predicted molar refractivity (Wildman–Crippen MR) is 91.3 cm³/mol. The van der Waals surface area contributed by atoms with Crippen LogP contribution in [0, 0.1) is 0 Å². The van der Waals surface area contributed by atoms with E-state index in [2.05, 4.69) is 27.1 Å². The SMILES string of the molecule is CCc1cnc(N2CCC3(CCCC(=O)N3)CC2)nc1.O=C(O)C(F)(F)F. The number of aryl methyl sites for hydroxylation is 1. The number of nitrogens with zero attached hydrogens (tertiary/aromatic N) is 3. The van der Waals surface area contributed by atoms with Gasteiger partial charge in [-0.25, -0.2) is 14.8 Å². The number of carboxylic acids is 1. The van der Waals surface area contributed by atoms with Gasteiger partial charge in [-0.3, -0.25) is 4.79 Å². The first kappa shape index (κ1) is 20.9. The molecular weight excluding hydrogens is 365 g/mol. The van der Waals surface area contributed by atoms with Gasteiger partial charge in [0.2, 0.25) is 11.9 Å². The molecular formula is C17H23F3N4O3. The number of carbonyl (C=O) groups is 2. The van der Waals surface area contributed by atoms with Crippen LogP contribution in [-0.2, 0) is 16.0 Å². The second-order valence-corrected chi connectivity index (χ2v) is 6.72. The molecule has 2 fully saturated rings. The molecule has 3 rings (SSSR count). The van der Waals surface area contributed by atoms with Gasteiger partial charge >= 0.3 is 12.1 Å². The number of rotatable bonds is 2. The lowest BCUT2D eigenvalue weighted by molar-refractivity contribution is -0.192. The van der Waals surface area contributed by atoms with Crippen molar-refractivity contribution >= 4 is 17.8 Å². The second kappa shape index (κ2) is 8.53. The Kier molecular flexibility index (Phi) is 6.61. The van der Waals surface area contributed by atoms with Gasteiger partial charge < -0.3 is 15.3 Å². The quantitative estimate of drug-likeness (QED) is 0.807. The average molecular weight is 388 g/mol. The van der Waals surface area contributed by atoms with E-state index in [4.69, 9.17) is 9.90 Å². The maximum absolute atomic E-state index is 11.6. The highest BCUT2D eigenvalue weighted by Gasteiger charge is 2.39. The molecule has 2 saturated heterocycles. The van der Waals surface area contributed by atoms with Crippen molar-refractivity contribution in [2.24, 2.45) is 0 Å². The molecule has 0 aromatic carbocycles. The topological polar surface area (TPSA) is 95.4 Å². The lowest BCUT2D eigenvalue weighted by Gasteiger charge is -2.44. The average Bonchev–Trinajstić information content (AvgIpc) is 2.62. The van der Waals surface area contributed by atoms with Crippen molar-refractivity contribution in [3.63, 3.8) is 0 Å². The molecule has 27 heavy (non-hydrogen) atoms. The molecule has 1 spiro atoms. The maximum atomic E-state index is 11.6. The maximum Gasteiger partial charge on any atom is 0.490 e. The van der Waals surface area contributed by atoms with Crippen LogP contribution in [0.3, 0.4) is 0 Å². The summed E-state index contributed by atoms with van der Waals surface area (Å²) in [6.45, 7) is 3.95. The highest BCUT2D eigenvalue weighted by molar-refractivity contribution is 5.77. The molecule has 2 N–H and O–H groups in total. The number of nitrogens with one attached hydrogen (secondary N) is 1. The minimum atomic E-state index is -5.08. The Morgan fingerprint density at radius 2 is 1.81 bits per heavy atom. The number of aromatic nitrogens is 2. The first-order valence-corrected chi connectivity index (χ1v) is 8.82. The van der Waals surface area contributed by atoms with Crippen molar-refractivity contribution in [3.05, 3.63) is 18.0 Å². The van der Waals surface area contributed by atoms with Gasteiger partial charge in [-0.1, -0.05) is 6.92 Å². The van der Waals surface area contributed by atoms with Crippen molar-refractivity contribution < 1.29 is 27.9 Å². The molecule has 10 heteroatoms. The van der Waals surface area contributed by atoms with Gasteiger partial charge in [0.1, 0.15) is 0 Å². The van der Waals surface area contributed by atoms with Gasteiger partial charge in [0, 0.05) is 37.4 Å². The Morgan fingerprint density at radius 1 is 1.26 bits per heavy atom. The third-order valence-corrected chi connectivity index (χ3v) is 4.81. The van der Waals surface area contributed by atoms with Crippen LogP contribution in [0.1, 0.15) is 44.6 Å². The first-order valence-electron chi connectivity index (χ1n) is 8.82. The highest BCUT2D eigenvalue weighted by Crippen LogP contribution is 2.31. The van der Waals surface area contributed by atoms with Crippen LogP contribution < -0.4 is 10.2 Å². The third kappa shape index (κ3) is 5.80. The Morgan fingerprint density at radius 3 is 2.26 bits per heavy atom. The van der Waals surface area contributed by atoms with Gasteiger partial charge in [-0.05, 0) is 37.7 Å². The minimum absolute atomic E-state index is 0.0369. The van der Waals surface area contributed by atoms with E-state index in [0.29, 0.717) is 6.42 Å². The zero-order valence-electron chi connectivity index (χ0n) is 15.1. The second-order valence-electron chi connectivity index (χ2n) is 6.72. The molecule has 150 valence electrons. The number of piperidine rings is 2. The van der Waals surface area contributed by atoms with Crippen LogP contribution >= 0.6 is 0 Å². The summed E-state index contributed by atoms with van der Waals surface area (Å²) in [7, 11) is 0. The predicted octanol–water partition coefficient (Wildman–Crippen LogP) is 2.31. The van der Waals surface area contributed by atoms with Crippen LogP contribution in [-0.4, -0.2) is 51.8 Å². The number of hydrogen-bond acceptors (Lipinski definition) is 5. The number of alkyl halides is 3. The number of anilines is 1. The summed E-state index contributed by atoms with van der Waals surface area (Å²) >= 11 is 0. The van der Waals surface area contributed by atoms with Crippen molar-refractivity contribution in [3.8, 4) is 0 Å². The zero-order valence-corrected chi connectivity index (χ0v) is 15.1. The molecule has 0 bridgehead atoms. The number of halogens is 3. The van der Waals surface area contributed by atoms with E-state index in [-0.39, 0.29) is 11.4 Å². The summed E-state index contributed by atoms with van der Waals surface area (Å²) in [4.78, 5) is 31.6. The van der Waals surface area contributed by atoms with Crippen LogP contribution in [0.25, 0.3) is 0 Å². The smallest absolute Gasteiger partial charge is 0.475 e. The van der Waals surface area contributed by atoms with E-state index in [9.17, 15) is 18.0 Å². The van der Waals surface area contributed by atoms with Crippen LogP contribution in [0.4, 0.5) is 19.1 Å². The van der Waals surface area contributed by atoms with E-state index in [1.807, 2.05) is 12.4 Å². The van der Waals surface area contributed by atoms with E-state index in [1.165, 1.54) is 5.56 Å². The normalized spacial score (nSPS) is 19.1. The molecule has 0 atom stereocenters. The molecule has 1 aromatic heterocycles. The van der Waals surface area contributed by atoms with Gasteiger partial charge in [-0.15, -0.1) is 0 Å². The monoisotopic (exact) mass is 388 g/mol. The van der Waals surface area contributed by atoms with Gasteiger partial charge in [0.15, 0.2) is 0 Å². The number of carboxylic acid groups (broad SMARTS) is 1. The fourth-order valence-electron chi connectivity index (χ4n) is 3.21. The van der Waals surface area contributed by atoms with Crippen molar-refractivity contribution in [1.29, 1.82) is 0 Å². The fourth-order valence-corrected chi connectivity index (χ4v) is 3.21. The van der Waals surface area contributed by atoms with E-state index in [0.717, 1.165) is 51.1 Å². The standard InChI is InChI=1S/C15H22N4O.C2HF3O2/c1-2-12-10-16-14(17-11-12)19-8-6-15(7-9-19)5-3-4-13(20)18-15;3-2(4,5)1(6)7/h10-11H,2-9H2,1H3,(H,18,20);(H,6,7). The first-order chi connectivity index (χ1) is 12.6. The molecule has 1 aromatic rings. The Labute approximate surface area is 155 Å². The Hall–Kier alpha value is -2.39. The van der Waals surface area contributed by atoms with E-state index < -0.39 is 12.1 Å². The molecule has 2 aliphatic heterocycles. The highest BCUT2D eigenvalue weighted by atomic mass is 19.4. The summed E-state index contributed by atoms with van der Waals surface area (Å²) in [5.74, 6) is -1.72. The molecule has 0 saturated carbocycles. The number of amides is 1. The molecule has 3 heterocycles. The van der Waals surface area contributed by atoms with Crippen LogP contribution in [0.2, 0.25) is 0 Å². The largest absolute Gasteiger partial charge is 0.490 e. The summed E-state index contributed by atoms with van der Waals surface area (Å²) < 4.78 is 31.7. The van der Waals surface area contributed by atoms with Crippen molar-refractivity contribution in [2.45, 2.75) is 57.2 Å². The number of hydrogen-bond donors (Lipinski definition) is 2. The van der Waals surface area contributed by atoms with Gasteiger partial charge in [0.05, 0.1) is 0 Å². The summed E-state index contributed by atoms with van der Waals surface area (Å²) in [6.07, 6.45) is 4.53. The van der Waals surface area contributed by atoms with Crippen molar-refractivity contribution in [2.75, 3.05) is 18.0 Å². The number of aliphatic carboxylic acids is 1. The molecule has 7 nitrogen and oxygen atoms in total. The van der Waals surface area contributed by atoms with Gasteiger partial charge in [-0.2, -0.15) is 13.2 Å². The fraction of sp³-hybridized carbons (Fsp3) is 0.647. The van der Waals surface area contributed by atoms with Gasteiger partial charge in [0.25, 0.3) is 0 Å². The molecule has 0 radical (unpaired) electrons. The van der Waals surface area contributed by atoms with Crippen LogP contribution in [0.15, 0.2) is 12.4 Å².